The van der Waals surface area contributed by atoms with Gasteiger partial charge in [0.05, 0.1) is 12.0 Å². The fourth-order valence-electron chi connectivity index (χ4n) is 2.79. The van der Waals surface area contributed by atoms with Crippen LogP contribution in [0.1, 0.15) is 0 Å². The number of carbonyl (C=O) groups is 1. The first-order valence-corrected chi connectivity index (χ1v) is 8.47. The van der Waals surface area contributed by atoms with Crippen LogP contribution in [0.15, 0.2) is 42.6 Å². The molecule has 3 rings (SSSR count). The number of nitrogens with zero attached hydrogens (tertiary/aromatic N) is 4. The Bertz CT molecular complexity index is 804. The SMILES string of the molecule is COc1cccc(OCC(=O)N2CCN(c3ccc([N+](=O)[O-])cn3)CC2)c1. The highest BCUT2D eigenvalue weighted by atomic mass is 16.6. The van der Waals surface area contributed by atoms with E-state index in [-0.39, 0.29) is 18.2 Å². The summed E-state index contributed by atoms with van der Waals surface area (Å²) in [5.74, 6) is 1.83. The maximum atomic E-state index is 12.3. The number of carbonyl (C=O) groups excluding carboxylic acids is 1. The smallest absolute Gasteiger partial charge is 0.287 e. The van der Waals surface area contributed by atoms with Gasteiger partial charge in [0, 0.05) is 38.3 Å². The molecule has 1 aliphatic rings. The highest BCUT2D eigenvalue weighted by molar-refractivity contribution is 5.78. The molecular weight excluding hydrogens is 352 g/mol. The first kappa shape index (κ1) is 18.4. The first-order chi connectivity index (χ1) is 13.1. The first-order valence-electron chi connectivity index (χ1n) is 8.47. The number of nitro groups is 1. The number of hydrogen-bond acceptors (Lipinski definition) is 7. The van der Waals surface area contributed by atoms with Gasteiger partial charge in [-0.25, -0.2) is 4.98 Å². The Hall–Kier alpha value is -3.36. The summed E-state index contributed by atoms with van der Waals surface area (Å²) >= 11 is 0. The van der Waals surface area contributed by atoms with Crippen LogP contribution in [-0.2, 0) is 4.79 Å². The minimum Gasteiger partial charge on any atom is -0.497 e. The Morgan fingerprint density at radius 2 is 1.93 bits per heavy atom. The summed E-state index contributed by atoms with van der Waals surface area (Å²) in [5, 5.41) is 10.7. The molecule has 2 aromatic rings. The predicted octanol–water partition coefficient (Wildman–Crippen LogP) is 1.73. The number of amides is 1. The molecule has 0 spiro atoms. The Morgan fingerprint density at radius 3 is 2.56 bits per heavy atom. The Labute approximate surface area is 156 Å². The van der Waals surface area contributed by atoms with Crippen molar-refractivity contribution >= 4 is 17.4 Å². The summed E-state index contributed by atoms with van der Waals surface area (Å²) in [6.45, 7) is 2.26. The lowest BCUT2D eigenvalue weighted by Crippen LogP contribution is -2.50. The summed E-state index contributed by atoms with van der Waals surface area (Å²) < 4.78 is 10.7. The van der Waals surface area contributed by atoms with Gasteiger partial charge in [-0.05, 0) is 18.2 Å². The lowest BCUT2D eigenvalue weighted by atomic mass is 10.3. The van der Waals surface area contributed by atoms with Crippen LogP contribution in [0.3, 0.4) is 0 Å². The Morgan fingerprint density at radius 1 is 1.19 bits per heavy atom. The van der Waals surface area contributed by atoms with Gasteiger partial charge < -0.3 is 19.3 Å². The largest absolute Gasteiger partial charge is 0.497 e. The molecule has 0 radical (unpaired) electrons. The highest BCUT2D eigenvalue weighted by Crippen LogP contribution is 2.20. The number of benzene rings is 1. The number of anilines is 1. The summed E-state index contributed by atoms with van der Waals surface area (Å²) in [7, 11) is 1.57. The van der Waals surface area contributed by atoms with E-state index in [1.807, 2.05) is 4.90 Å². The van der Waals surface area contributed by atoms with Crippen LogP contribution in [0.2, 0.25) is 0 Å². The second kappa shape index (κ2) is 8.35. The van der Waals surface area contributed by atoms with Gasteiger partial charge in [0.15, 0.2) is 6.61 Å². The summed E-state index contributed by atoms with van der Waals surface area (Å²) in [6.07, 6.45) is 1.24. The summed E-state index contributed by atoms with van der Waals surface area (Å²) in [5.41, 5.74) is -0.0396. The molecule has 0 unspecified atom stereocenters. The van der Waals surface area contributed by atoms with Crippen LogP contribution >= 0.6 is 0 Å². The molecule has 0 saturated carbocycles. The number of methoxy groups -OCH3 is 1. The number of hydrogen-bond donors (Lipinski definition) is 0. The van der Waals surface area contributed by atoms with Crippen molar-refractivity contribution in [1.82, 2.24) is 9.88 Å². The van der Waals surface area contributed by atoms with Gasteiger partial charge in [-0.3, -0.25) is 14.9 Å². The van der Waals surface area contributed by atoms with Crippen molar-refractivity contribution in [1.29, 1.82) is 0 Å². The topological polar surface area (TPSA) is 98.0 Å². The van der Waals surface area contributed by atoms with Crippen molar-refractivity contribution in [2.45, 2.75) is 0 Å². The molecular formula is C18H20N4O5. The van der Waals surface area contributed by atoms with Gasteiger partial charge in [0.1, 0.15) is 23.5 Å². The third kappa shape index (κ3) is 4.63. The van der Waals surface area contributed by atoms with Crippen LogP contribution in [0.4, 0.5) is 11.5 Å². The number of pyridine rings is 1. The molecule has 0 aliphatic carbocycles. The minimum absolute atomic E-state index is 0.0387. The van der Waals surface area contributed by atoms with Crippen molar-refractivity contribution in [2.24, 2.45) is 0 Å². The van der Waals surface area contributed by atoms with E-state index in [4.69, 9.17) is 9.47 Å². The maximum Gasteiger partial charge on any atom is 0.287 e. The van der Waals surface area contributed by atoms with Crippen molar-refractivity contribution in [3.63, 3.8) is 0 Å². The number of rotatable bonds is 6. The molecule has 2 heterocycles. The Kier molecular flexibility index (Phi) is 5.70. The fraction of sp³-hybridized carbons (Fsp3) is 0.333. The molecule has 9 nitrogen and oxygen atoms in total. The Balaban J connectivity index is 1.49. The van der Waals surface area contributed by atoms with E-state index in [0.717, 1.165) is 0 Å². The van der Waals surface area contributed by atoms with E-state index >= 15 is 0 Å². The quantitative estimate of drug-likeness (QED) is 0.562. The molecule has 1 aliphatic heterocycles. The van der Waals surface area contributed by atoms with Gasteiger partial charge in [-0.2, -0.15) is 0 Å². The average Bonchev–Trinajstić information content (AvgIpc) is 2.72. The van der Waals surface area contributed by atoms with E-state index in [0.29, 0.717) is 43.5 Å². The van der Waals surface area contributed by atoms with E-state index in [1.165, 1.54) is 12.3 Å². The number of piperazine rings is 1. The normalized spacial score (nSPS) is 14.0. The number of ether oxygens (including phenoxy) is 2. The van der Waals surface area contributed by atoms with Crippen molar-refractivity contribution in [3.05, 3.63) is 52.7 Å². The summed E-state index contributed by atoms with van der Waals surface area (Å²) in [4.78, 5) is 30.4. The predicted molar refractivity (Wildman–Crippen MR) is 98.2 cm³/mol. The van der Waals surface area contributed by atoms with Gasteiger partial charge in [0.25, 0.3) is 11.6 Å². The third-order valence-corrected chi connectivity index (χ3v) is 4.30. The third-order valence-electron chi connectivity index (χ3n) is 4.30. The van der Waals surface area contributed by atoms with Crippen LogP contribution in [0.25, 0.3) is 0 Å². The van der Waals surface area contributed by atoms with E-state index < -0.39 is 4.92 Å². The van der Waals surface area contributed by atoms with Crippen LogP contribution < -0.4 is 14.4 Å². The zero-order valence-corrected chi connectivity index (χ0v) is 14.9. The molecule has 1 saturated heterocycles. The lowest BCUT2D eigenvalue weighted by molar-refractivity contribution is -0.385. The molecule has 142 valence electrons. The molecule has 0 N–H and O–H groups in total. The fourth-order valence-corrected chi connectivity index (χ4v) is 2.79. The van der Waals surface area contributed by atoms with Gasteiger partial charge >= 0.3 is 0 Å². The monoisotopic (exact) mass is 372 g/mol. The maximum absolute atomic E-state index is 12.3. The zero-order chi connectivity index (χ0) is 19.2. The summed E-state index contributed by atoms with van der Waals surface area (Å²) in [6, 6.07) is 10.2. The van der Waals surface area contributed by atoms with E-state index in [9.17, 15) is 14.9 Å². The van der Waals surface area contributed by atoms with Crippen molar-refractivity contribution in [2.75, 3.05) is 44.8 Å². The minimum atomic E-state index is -0.476. The molecule has 9 heteroatoms. The molecule has 1 amide bonds. The van der Waals surface area contributed by atoms with E-state index in [2.05, 4.69) is 4.98 Å². The second-order valence-electron chi connectivity index (χ2n) is 5.97. The molecule has 0 atom stereocenters. The van der Waals surface area contributed by atoms with Crippen LogP contribution in [-0.4, -0.2) is 60.6 Å². The number of aromatic nitrogens is 1. The van der Waals surface area contributed by atoms with Crippen molar-refractivity contribution < 1.29 is 19.2 Å². The van der Waals surface area contributed by atoms with Gasteiger partial charge in [-0.15, -0.1) is 0 Å². The van der Waals surface area contributed by atoms with Gasteiger partial charge in [0.2, 0.25) is 0 Å². The second-order valence-corrected chi connectivity index (χ2v) is 5.97. The molecule has 1 aromatic carbocycles. The van der Waals surface area contributed by atoms with Crippen LogP contribution in [0, 0.1) is 10.1 Å². The molecule has 27 heavy (non-hydrogen) atoms. The van der Waals surface area contributed by atoms with E-state index in [1.54, 1.807) is 42.3 Å². The van der Waals surface area contributed by atoms with Crippen LogP contribution in [0.5, 0.6) is 11.5 Å². The average molecular weight is 372 g/mol. The van der Waals surface area contributed by atoms with Crippen molar-refractivity contribution in [3.8, 4) is 11.5 Å². The standard InChI is InChI=1S/C18H20N4O5/c1-26-15-3-2-4-16(11-15)27-13-18(23)21-9-7-20(8-10-21)17-6-5-14(12-19-17)22(24)25/h2-6,11-12H,7-10,13H2,1H3. The molecule has 0 bridgehead atoms. The molecule has 1 aromatic heterocycles. The lowest BCUT2D eigenvalue weighted by Gasteiger charge is -2.35. The highest BCUT2D eigenvalue weighted by Gasteiger charge is 2.22. The molecule has 1 fully saturated rings. The van der Waals surface area contributed by atoms with Gasteiger partial charge in [-0.1, -0.05) is 6.07 Å². The zero-order valence-electron chi connectivity index (χ0n) is 14.9.